The minimum atomic E-state index is -0.299. The van der Waals surface area contributed by atoms with Crippen molar-refractivity contribution in [2.24, 2.45) is 0 Å². The fraction of sp³-hybridized carbons (Fsp3) is 0.107. The van der Waals surface area contributed by atoms with Crippen molar-refractivity contribution in [2.45, 2.75) is 6.92 Å². The van der Waals surface area contributed by atoms with Crippen LogP contribution in [0.5, 0.6) is 11.5 Å². The van der Waals surface area contributed by atoms with Crippen molar-refractivity contribution in [3.05, 3.63) is 95.4 Å². The van der Waals surface area contributed by atoms with Crippen molar-refractivity contribution in [3.8, 4) is 22.8 Å². The lowest BCUT2D eigenvalue weighted by Gasteiger charge is -2.08. The Morgan fingerprint density at radius 2 is 1.78 bits per heavy atom. The fourth-order valence-corrected chi connectivity index (χ4v) is 4.66. The zero-order valence-electron chi connectivity index (χ0n) is 19.8. The van der Waals surface area contributed by atoms with E-state index in [1.165, 1.54) is 11.3 Å². The Kier molecular flexibility index (Phi) is 6.77. The molecule has 2 heterocycles. The van der Waals surface area contributed by atoms with Crippen molar-refractivity contribution in [3.63, 3.8) is 0 Å². The molecular formula is C28H24N4O3S. The summed E-state index contributed by atoms with van der Waals surface area (Å²) >= 11 is 1.44. The summed E-state index contributed by atoms with van der Waals surface area (Å²) in [6, 6.07) is 24.9. The molecule has 0 aliphatic heterocycles. The molecule has 0 aliphatic rings. The van der Waals surface area contributed by atoms with Crippen molar-refractivity contribution >= 4 is 39.8 Å². The lowest BCUT2D eigenvalue weighted by molar-refractivity contribution is -0.111. The van der Waals surface area contributed by atoms with Gasteiger partial charge in [-0.1, -0.05) is 54.6 Å². The molecule has 3 aromatic carbocycles. The number of hydrogen-bond acceptors (Lipinski definition) is 6. The molecule has 2 aromatic heterocycles. The highest BCUT2D eigenvalue weighted by molar-refractivity contribution is 7.15. The zero-order valence-corrected chi connectivity index (χ0v) is 20.7. The van der Waals surface area contributed by atoms with E-state index in [4.69, 9.17) is 9.47 Å². The van der Waals surface area contributed by atoms with Gasteiger partial charge in [0.05, 0.1) is 19.4 Å². The number of benzene rings is 3. The maximum atomic E-state index is 13.4. The van der Waals surface area contributed by atoms with Gasteiger partial charge in [-0.05, 0) is 48.4 Å². The summed E-state index contributed by atoms with van der Waals surface area (Å²) in [4.78, 5) is 18.6. The van der Waals surface area contributed by atoms with Crippen molar-refractivity contribution in [2.75, 3.05) is 19.0 Å². The van der Waals surface area contributed by atoms with Crippen molar-refractivity contribution in [1.82, 2.24) is 14.6 Å². The number of nitrogens with zero attached hydrogens (tertiary/aromatic N) is 3. The molecule has 1 N–H and O–H groups in total. The van der Waals surface area contributed by atoms with Crippen LogP contribution in [0.4, 0.5) is 5.95 Å². The first-order chi connectivity index (χ1) is 17.7. The first kappa shape index (κ1) is 23.3. The molecule has 5 aromatic rings. The second-order valence-electron chi connectivity index (χ2n) is 7.83. The minimum Gasteiger partial charge on any atom is -0.496 e. The largest absolute Gasteiger partial charge is 0.496 e. The molecule has 0 saturated carbocycles. The maximum absolute atomic E-state index is 13.4. The Morgan fingerprint density at radius 3 is 2.53 bits per heavy atom. The van der Waals surface area contributed by atoms with Gasteiger partial charge in [0.1, 0.15) is 11.5 Å². The van der Waals surface area contributed by atoms with Crippen LogP contribution in [-0.2, 0) is 4.79 Å². The van der Waals surface area contributed by atoms with Gasteiger partial charge in [-0.3, -0.25) is 10.1 Å². The number of fused-ring (bicyclic) bond motifs is 1. The highest BCUT2D eigenvalue weighted by Gasteiger charge is 2.18. The van der Waals surface area contributed by atoms with Crippen molar-refractivity contribution in [1.29, 1.82) is 0 Å². The van der Waals surface area contributed by atoms with E-state index < -0.39 is 0 Å². The Morgan fingerprint density at radius 1 is 1.03 bits per heavy atom. The summed E-state index contributed by atoms with van der Waals surface area (Å²) in [5.41, 5.74) is 3.91. The molecular weight excluding hydrogens is 472 g/mol. The van der Waals surface area contributed by atoms with E-state index in [1.807, 2.05) is 97.2 Å². The number of para-hydroxylation sites is 1. The van der Waals surface area contributed by atoms with Gasteiger partial charge < -0.3 is 9.47 Å². The van der Waals surface area contributed by atoms with Gasteiger partial charge in [-0.25, -0.2) is 4.52 Å². The molecule has 1 amide bonds. The number of rotatable bonds is 8. The summed E-state index contributed by atoms with van der Waals surface area (Å²) in [5, 5.41) is 9.41. The molecule has 8 heteroatoms. The molecule has 0 fully saturated rings. The van der Waals surface area contributed by atoms with Crippen LogP contribution in [0, 0.1) is 0 Å². The third kappa shape index (κ3) is 4.85. The quantitative estimate of drug-likeness (QED) is 0.209. The van der Waals surface area contributed by atoms with Gasteiger partial charge in [0.25, 0.3) is 11.9 Å². The number of methoxy groups -OCH3 is 1. The summed E-state index contributed by atoms with van der Waals surface area (Å²) in [7, 11) is 1.64. The molecule has 0 unspecified atom stereocenters. The van der Waals surface area contributed by atoms with Crippen LogP contribution >= 0.6 is 11.3 Å². The first-order valence-corrected chi connectivity index (χ1v) is 12.3. The average Bonchev–Trinajstić information content (AvgIpc) is 3.49. The zero-order chi connectivity index (χ0) is 24.9. The van der Waals surface area contributed by atoms with E-state index in [1.54, 1.807) is 11.6 Å². The number of hydrogen-bond donors (Lipinski definition) is 1. The summed E-state index contributed by atoms with van der Waals surface area (Å²) < 4.78 is 12.8. The standard InChI is InChI=1S/C28H24N4O3S/c1-3-35-21-15-13-19(14-16-21)17-23(20-9-5-4-6-10-20)26(33)29-27-30-28-32(31-27)24(18-36-28)22-11-7-8-12-25(22)34-2/h4-18H,3H2,1-2H3,(H,29,31,33)/b23-17+. The highest BCUT2D eigenvalue weighted by atomic mass is 32.1. The Labute approximate surface area is 212 Å². The summed E-state index contributed by atoms with van der Waals surface area (Å²) in [6.45, 7) is 2.54. The highest BCUT2D eigenvalue weighted by Crippen LogP contribution is 2.32. The van der Waals surface area contributed by atoms with Gasteiger partial charge >= 0.3 is 0 Å². The second-order valence-corrected chi connectivity index (χ2v) is 8.67. The Balaban J connectivity index is 1.46. The normalized spacial score (nSPS) is 11.4. The van der Waals surface area contributed by atoms with Crippen LogP contribution in [0.1, 0.15) is 18.1 Å². The Hall–Kier alpha value is -4.43. The smallest absolute Gasteiger partial charge is 0.258 e. The lowest BCUT2D eigenvalue weighted by atomic mass is 10.0. The van der Waals surface area contributed by atoms with Crippen LogP contribution in [0.25, 0.3) is 27.9 Å². The van der Waals surface area contributed by atoms with E-state index in [-0.39, 0.29) is 11.9 Å². The molecule has 7 nitrogen and oxygen atoms in total. The van der Waals surface area contributed by atoms with Gasteiger partial charge in [0, 0.05) is 16.5 Å². The maximum Gasteiger partial charge on any atom is 0.258 e. The molecule has 0 saturated heterocycles. The minimum absolute atomic E-state index is 0.233. The van der Waals surface area contributed by atoms with Crippen LogP contribution in [-0.4, -0.2) is 34.2 Å². The number of amides is 1. The lowest BCUT2D eigenvalue weighted by Crippen LogP contribution is -2.15. The van der Waals surface area contributed by atoms with E-state index in [0.717, 1.165) is 33.9 Å². The number of ether oxygens (including phenoxy) is 2. The van der Waals surface area contributed by atoms with Gasteiger partial charge in [0.15, 0.2) is 0 Å². The third-order valence-electron chi connectivity index (χ3n) is 5.52. The topological polar surface area (TPSA) is 77.8 Å². The van der Waals surface area contributed by atoms with E-state index in [0.29, 0.717) is 17.1 Å². The number of carbonyl (C=O) groups excluding carboxylic acids is 1. The van der Waals surface area contributed by atoms with Gasteiger partial charge in [0.2, 0.25) is 4.96 Å². The van der Waals surface area contributed by atoms with E-state index >= 15 is 0 Å². The Bertz CT molecular complexity index is 1520. The van der Waals surface area contributed by atoms with Gasteiger partial charge in [-0.2, -0.15) is 4.98 Å². The molecule has 0 spiro atoms. The van der Waals surface area contributed by atoms with E-state index in [9.17, 15) is 4.79 Å². The molecule has 0 aliphatic carbocycles. The van der Waals surface area contributed by atoms with Crippen LogP contribution < -0.4 is 14.8 Å². The molecule has 5 rings (SSSR count). The fourth-order valence-electron chi connectivity index (χ4n) is 3.84. The molecule has 36 heavy (non-hydrogen) atoms. The molecule has 0 radical (unpaired) electrons. The van der Waals surface area contributed by atoms with Crippen LogP contribution in [0.15, 0.2) is 84.2 Å². The summed E-state index contributed by atoms with van der Waals surface area (Å²) in [5.74, 6) is 1.46. The first-order valence-electron chi connectivity index (χ1n) is 11.4. The predicted molar refractivity (Wildman–Crippen MR) is 143 cm³/mol. The number of anilines is 1. The molecule has 0 bridgehead atoms. The number of nitrogens with one attached hydrogen (secondary N) is 1. The number of aromatic nitrogens is 3. The summed E-state index contributed by atoms with van der Waals surface area (Å²) in [6.07, 6.45) is 1.85. The third-order valence-corrected chi connectivity index (χ3v) is 6.34. The number of thiazole rings is 1. The molecule has 0 atom stereocenters. The second kappa shape index (κ2) is 10.5. The average molecular weight is 497 g/mol. The van der Waals surface area contributed by atoms with Crippen LogP contribution in [0.2, 0.25) is 0 Å². The van der Waals surface area contributed by atoms with Gasteiger partial charge in [-0.15, -0.1) is 16.4 Å². The monoisotopic (exact) mass is 496 g/mol. The van der Waals surface area contributed by atoms with Crippen molar-refractivity contribution < 1.29 is 14.3 Å². The van der Waals surface area contributed by atoms with Crippen LogP contribution in [0.3, 0.4) is 0 Å². The number of carbonyl (C=O) groups is 1. The van der Waals surface area contributed by atoms with E-state index in [2.05, 4.69) is 15.4 Å². The predicted octanol–water partition coefficient (Wildman–Crippen LogP) is 6.04. The molecule has 180 valence electrons. The SMILES string of the molecule is CCOc1ccc(/C=C(/C(=O)Nc2nc3scc(-c4ccccc4OC)n3n2)c2ccccc2)cc1.